The van der Waals surface area contributed by atoms with Crippen molar-refractivity contribution >= 4 is 29.3 Å². The fourth-order valence-corrected chi connectivity index (χ4v) is 4.38. The summed E-state index contributed by atoms with van der Waals surface area (Å²) in [5.74, 6) is 1.83. The number of benzene rings is 2. The molecule has 0 atom stereocenters. The van der Waals surface area contributed by atoms with Crippen LogP contribution in [-0.2, 0) is 17.1 Å². The molecule has 1 aliphatic heterocycles. The number of carbonyl (C=O) groups is 1. The van der Waals surface area contributed by atoms with Gasteiger partial charge in [0.2, 0.25) is 5.91 Å². The SMILES string of the molecule is O=C(NCCSCc1ccccc1)C1CCN(Cc2ccc(Cl)cc2F)CC1. The minimum absolute atomic E-state index is 0.0606. The van der Waals surface area contributed by atoms with Gasteiger partial charge in [0.25, 0.3) is 0 Å². The highest BCUT2D eigenvalue weighted by Crippen LogP contribution is 2.21. The Labute approximate surface area is 175 Å². The quantitative estimate of drug-likeness (QED) is 0.626. The molecule has 2 aromatic rings. The van der Waals surface area contributed by atoms with Gasteiger partial charge in [-0.3, -0.25) is 9.69 Å². The van der Waals surface area contributed by atoms with E-state index in [9.17, 15) is 9.18 Å². The van der Waals surface area contributed by atoms with E-state index in [1.54, 1.807) is 12.1 Å². The standard InChI is InChI=1S/C22H26ClFN2OS/c23-20-7-6-19(21(24)14-20)15-26-11-8-18(9-12-26)22(27)25-10-13-28-16-17-4-2-1-3-5-17/h1-7,14,18H,8-13,15-16H2,(H,25,27). The molecule has 1 heterocycles. The number of thioether (sulfide) groups is 1. The molecule has 1 fully saturated rings. The molecule has 3 rings (SSSR count). The Balaban J connectivity index is 1.32. The van der Waals surface area contributed by atoms with Crippen molar-refractivity contribution in [3.05, 3.63) is 70.5 Å². The maximum Gasteiger partial charge on any atom is 0.223 e. The average Bonchev–Trinajstić information content (AvgIpc) is 2.71. The van der Waals surface area contributed by atoms with Gasteiger partial charge in [0.1, 0.15) is 5.82 Å². The number of nitrogens with one attached hydrogen (secondary N) is 1. The van der Waals surface area contributed by atoms with Crippen LogP contribution < -0.4 is 5.32 Å². The number of amides is 1. The normalized spacial score (nSPS) is 15.5. The van der Waals surface area contributed by atoms with Gasteiger partial charge in [-0.25, -0.2) is 4.39 Å². The van der Waals surface area contributed by atoms with Crippen LogP contribution >= 0.6 is 23.4 Å². The average molecular weight is 421 g/mol. The predicted molar refractivity (Wildman–Crippen MR) is 115 cm³/mol. The first-order valence-corrected chi connectivity index (χ1v) is 11.2. The van der Waals surface area contributed by atoms with Crippen molar-refractivity contribution in [1.29, 1.82) is 0 Å². The van der Waals surface area contributed by atoms with Crippen LogP contribution in [0.1, 0.15) is 24.0 Å². The first-order valence-electron chi connectivity index (χ1n) is 9.67. The molecule has 3 nitrogen and oxygen atoms in total. The van der Waals surface area contributed by atoms with Gasteiger partial charge in [0.15, 0.2) is 0 Å². The Kier molecular flexibility index (Phi) is 8.19. The zero-order chi connectivity index (χ0) is 19.8. The van der Waals surface area contributed by atoms with Crippen molar-refractivity contribution in [3.63, 3.8) is 0 Å². The first kappa shape index (κ1) is 21.2. The van der Waals surface area contributed by atoms with Crippen LogP contribution in [0, 0.1) is 11.7 Å². The molecule has 1 N–H and O–H groups in total. The lowest BCUT2D eigenvalue weighted by atomic mass is 9.95. The summed E-state index contributed by atoms with van der Waals surface area (Å²) in [5.41, 5.74) is 1.96. The van der Waals surface area contributed by atoms with Crippen LogP contribution in [0.25, 0.3) is 0 Å². The molecule has 28 heavy (non-hydrogen) atoms. The van der Waals surface area contributed by atoms with Gasteiger partial charge < -0.3 is 5.32 Å². The second-order valence-electron chi connectivity index (χ2n) is 7.12. The van der Waals surface area contributed by atoms with Gasteiger partial charge in [-0.05, 0) is 43.6 Å². The number of halogens is 2. The molecule has 1 saturated heterocycles. The monoisotopic (exact) mass is 420 g/mol. The third kappa shape index (κ3) is 6.50. The zero-order valence-electron chi connectivity index (χ0n) is 15.9. The van der Waals surface area contributed by atoms with E-state index < -0.39 is 0 Å². The number of hydrogen-bond acceptors (Lipinski definition) is 3. The van der Waals surface area contributed by atoms with Gasteiger partial charge in [-0.1, -0.05) is 48.0 Å². The van der Waals surface area contributed by atoms with E-state index in [1.807, 2.05) is 30.0 Å². The second-order valence-corrected chi connectivity index (χ2v) is 8.66. The molecule has 0 aromatic heterocycles. The number of hydrogen-bond donors (Lipinski definition) is 1. The zero-order valence-corrected chi connectivity index (χ0v) is 17.4. The molecular formula is C22H26ClFN2OS. The Bertz CT molecular complexity index is 766. The summed E-state index contributed by atoms with van der Waals surface area (Å²) in [7, 11) is 0. The van der Waals surface area contributed by atoms with Crippen LogP contribution in [0.3, 0.4) is 0 Å². The maximum atomic E-state index is 13.9. The number of piperidine rings is 1. The highest BCUT2D eigenvalue weighted by molar-refractivity contribution is 7.98. The molecule has 0 bridgehead atoms. The largest absolute Gasteiger partial charge is 0.355 e. The second kappa shape index (κ2) is 10.8. The molecule has 1 aliphatic rings. The van der Waals surface area contributed by atoms with E-state index in [0.29, 0.717) is 23.7 Å². The summed E-state index contributed by atoms with van der Waals surface area (Å²) in [6.07, 6.45) is 1.64. The highest BCUT2D eigenvalue weighted by Gasteiger charge is 2.25. The van der Waals surface area contributed by atoms with Gasteiger partial charge in [-0.15, -0.1) is 0 Å². The lowest BCUT2D eigenvalue weighted by molar-refractivity contribution is -0.126. The minimum Gasteiger partial charge on any atom is -0.355 e. The molecular weight excluding hydrogens is 395 g/mol. The molecule has 0 spiro atoms. The fraction of sp³-hybridized carbons (Fsp3) is 0.409. The van der Waals surface area contributed by atoms with E-state index in [2.05, 4.69) is 22.3 Å². The fourth-order valence-electron chi connectivity index (χ4n) is 3.40. The lowest BCUT2D eigenvalue weighted by Crippen LogP contribution is -2.40. The summed E-state index contributed by atoms with van der Waals surface area (Å²) in [4.78, 5) is 14.6. The molecule has 2 aromatic carbocycles. The van der Waals surface area contributed by atoms with Crippen LogP contribution in [-0.4, -0.2) is 36.2 Å². The topological polar surface area (TPSA) is 32.3 Å². The summed E-state index contributed by atoms with van der Waals surface area (Å²) in [6, 6.07) is 15.2. The number of carbonyl (C=O) groups excluding carboxylic acids is 1. The van der Waals surface area contributed by atoms with Crippen LogP contribution in [0.15, 0.2) is 48.5 Å². The minimum atomic E-state index is -0.264. The molecule has 1 amide bonds. The third-order valence-electron chi connectivity index (χ3n) is 5.02. The molecule has 0 aliphatic carbocycles. The van der Waals surface area contributed by atoms with E-state index in [0.717, 1.165) is 37.4 Å². The van der Waals surface area contributed by atoms with Gasteiger partial charge >= 0.3 is 0 Å². The van der Waals surface area contributed by atoms with Crippen LogP contribution in [0.5, 0.6) is 0 Å². The Morgan fingerprint density at radius 3 is 2.64 bits per heavy atom. The molecule has 150 valence electrons. The van der Waals surface area contributed by atoms with Crippen LogP contribution in [0.4, 0.5) is 4.39 Å². The van der Waals surface area contributed by atoms with Crippen molar-refractivity contribution in [1.82, 2.24) is 10.2 Å². The third-order valence-corrected chi connectivity index (χ3v) is 6.29. The van der Waals surface area contributed by atoms with Gasteiger partial charge in [0.05, 0.1) is 0 Å². The molecule has 6 heteroatoms. The summed E-state index contributed by atoms with van der Waals surface area (Å²) >= 11 is 7.64. The smallest absolute Gasteiger partial charge is 0.223 e. The molecule has 0 unspecified atom stereocenters. The summed E-state index contributed by atoms with van der Waals surface area (Å²) < 4.78 is 13.9. The molecule has 0 saturated carbocycles. The van der Waals surface area contributed by atoms with Crippen molar-refractivity contribution in [2.24, 2.45) is 5.92 Å². The molecule has 0 radical (unpaired) electrons. The van der Waals surface area contributed by atoms with Crippen molar-refractivity contribution in [2.45, 2.75) is 25.1 Å². The first-order chi connectivity index (χ1) is 13.6. The van der Waals surface area contributed by atoms with Crippen molar-refractivity contribution < 1.29 is 9.18 Å². The Hall–Kier alpha value is -1.56. The van der Waals surface area contributed by atoms with Gasteiger partial charge in [-0.2, -0.15) is 11.8 Å². The highest BCUT2D eigenvalue weighted by atomic mass is 35.5. The van der Waals surface area contributed by atoms with E-state index in [-0.39, 0.29) is 17.6 Å². The van der Waals surface area contributed by atoms with Crippen molar-refractivity contribution in [2.75, 3.05) is 25.4 Å². The Morgan fingerprint density at radius 2 is 1.93 bits per heavy atom. The Morgan fingerprint density at radius 1 is 1.18 bits per heavy atom. The van der Waals surface area contributed by atoms with E-state index in [4.69, 9.17) is 11.6 Å². The number of likely N-dealkylation sites (tertiary alicyclic amines) is 1. The number of rotatable bonds is 8. The maximum absolute atomic E-state index is 13.9. The summed E-state index contributed by atoms with van der Waals surface area (Å²) in [5, 5.41) is 3.48. The van der Waals surface area contributed by atoms with E-state index in [1.165, 1.54) is 11.6 Å². The van der Waals surface area contributed by atoms with Gasteiger partial charge in [0, 0.05) is 41.1 Å². The van der Waals surface area contributed by atoms with Crippen LogP contribution in [0.2, 0.25) is 5.02 Å². The van der Waals surface area contributed by atoms with Crippen molar-refractivity contribution in [3.8, 4) is 0 Å². The van der Waals surface area contributed by atoms with E-state index >= 15 is 0 Å². The lowest BCUT2D eigenvalue weighted by Gasteiger charge is -2.31. The predicted octanol–water partition coefficient (Wildman–Crippen LogP) is 4.74. The number of nitrogens with zero attached hydrogens (tertiary/aromatic N) is 1. The summed E-state index contributed by atoms with van der Waals surface area (Å²) in [6.45, 7) is 2.88.